The van der Waals surface area contributed by atoms with Gasteiger partial charge in [-0.25, -0.2) is 4.90 Å². The second-order valence-electron chi connectivity index (χ2n) is 7.22. The average molecular weight is 458 g/mol. The summed E-state index contributed by atoms with van der Waals surface area (Å²) < 4.78 is 41.7. The van der Waals surface area contributed by atoms with Crippen molar-refractivity contribution in [1.82, 2.24) is 0 Å². The predicted molar refractivity (Wildman–Crippen MR) is 116 cm³/mol. The molecule has 1 aliphatic rings. The number of amides is 2. The van der Waals surface area contributed by atoms with Crippen LogP contribution in [-0.2, 0) is 9.59 Å². The number of nitrogens with one attached hydrogen (secondary N) is 1. The maximum atomic E-state index is 13.3. The highest BCUT2D eigenvalue weighted by atomic mass is 32.1. The summed E-state index contributed by atoms with van der Waals surface area (Å²) in [5.74, 6) is -1.54. The summed E-state index contributed by atoms with van der Waals surface area (Å²) >= 11 is 1.28. The van der Waals surface area contributed by atoms with E-state index in [0.29, 0.717) is 10.6 Å². The van der Waals surface area contributed by atoms with Crippen molar-refractivity contribution in [3.8, 4) is 5.75 Å². The van der Waals surface area contributed by atoms with Crippen LogP contribution in [0.25, 0.3) is 5.57 Å². The number of hydrogen-bond donors (Lipinski definition) is 1. The summed E-state index contributed by atoms with van der Waals surface area (Å²) in [5.41, 5.74) is 2.53. The second kappa shape index (κ2) is 8.16. The molecule has 5 nitrogen and oxygen atoms in total. The lowest BCUT2D eigenvalue weighted by Gasteiger charge is -2.17. The zero-order valence-corrected chi connectivity index (χ0v) is 17.8. The highest BCUT2D eigenvalue weighted by Crippen LogP contribution is 2.36. The largest absolute Gasteiger partial charge is 0.573 e. The number of rotatable bonds is 5. The molecule has 0 saturated carbocycles. The normalized spacial score (nSPS) is 14.3. The molecule has 1 aliphatic heterocycles. The van der Waals surface area contributed by atoms with Crippen molar-refractivity contribution in [3.63, 3.8) is 0 Å². The molecule has 3 aromatic rings. The van der Waals surface area contributed by atoms with E-state index in [1.165, 1.54) is 23.5 Å². The van der Waals surface area contributed by atoms with E-state index >= 15 is 0 Å². The summed E-state index contributed by atoms with van der Waals surface area (Å²) in [6.07, 6.45) is -4.85. The van der Waals surface area contributed by atoms with Gasteiger partial charge in [0, 0.05) is 16.6 Å². The zero-order chi connectivity index (χ0) is 23.0. The summed E-state index contributed by atoms with van der Waals surface area (Å²) in [6.45, 7) is 3.72. The standard InChI is InChI=1S/C23H17F3N2O3S/c1-13-9-14(2)11-16(10-13)28-21(29)19(18-7-4-8-32-18)20(22(28)30)27-15-5-3-6-17(12-15)31-23(24,25)26/h3-12,27H,1-2H3. The fraction of sp³-hybridized carbons (Fsp3) is 0.130. The summed E-state index contributed by atoms with van der Waals surface area (Å²) in [5, 5.41) is 4.61. The van der Waals surface area contributed by atoms with Gasteiger partial charge in [-0.1, -0.05) is 18.2 Å². The van der Waals surface area contributed by atoms with Crippen molar-refractivity contribution in [2.75, 3.05) is 10.2 Å². The van der Waals surface area contributed by atoms with E-state index in [1.54, 1.807) is 29.6 Å². The number of aryl methyl sites for hydroxylation is 2. The second-order valence-corrected chi connectivity index (χ2v) is 8.17. The quantitative estimate of drug-likeness (QED) is 0.502. The topological polar surface area (TPSA) is 58.6 Å². The van der Waals surface area contributed by atoms with E-state index in [1.807, 2.05) is 19.9 Å². The lowest BCUT2D eigenvalue weighted by molar-refractivity contribution is -0.274. The first kappa shape index (κ1) is 21.6. The number of anilines is 2. The molecule has 2 aromatic carbocycles. The van der Waals surface area contributed by atoms with Gasteiger partial charge in [-0.05, 0) is 60.7 Å². The molecule has 32 heavy (non-hydrogen) atoms. The molecule has 0 bridgehead atoms. The van der Waals surface area contributed by atoms with Gasteiger partial charge in [0.1, 0.15) is 11.4 Å². The zero-order valence-electron chi connectivity index (χ0n) is 17.0. The Balaban J connectivity index is 1.75. The van der Waals surface area contributed by atoms with Gasteiger partial charge in [0.05, 0.1) is 11.3 Å². The molecule has 0 aliphatic carbocycles. The van der Waals surface area contributed by atoms with E-state index in [4.69, 9.17) is 0 Å². The molecule has 2 heterocycles. The van der Waals surface area contributed by atoms with E-state index in [2.05, 4.69) is 10.1 Å². The van der Waals surface area contributed by atoms with Crippen molar-refractivity contribution >= 4 is 40.1 Å². The maximum Gasteiger partial charge on any atom is 0.573 e. The number of alkyl halides is 3. The number of thiophene rings is 1. The van der Waals surface area contributed by atoms with Gasteiger partial charge in [-0.15, -0.1) is 24.5 Å². The third-order valence-electron chi connectivity index (χ3n) is 4.65. The Hall–Kier alpha value is -3.59. The van der Waals surface area contributed by atoms with E-state index in [9.17, 15) is 22.8 Å². The molecule has 0 spiro atoms. The highest BCUT2D eigenvalue weighted by Gasteiger charge is 2.41. The molecule has 0 atom stereocenters. The molecule has 2 amide bonds. The van der Waals surface area contributed by atoms with Gasteiger partial charge in [-0.2, -0.15) is 0 Å². The van der Waals surface area contributed by atoms with Crippen molar-refractivity contribution in [2.45, 2.75) is 20.2 Å². The lowest BCUT2D eigenvalue weighted by Crippen LogP contribution is -2.32. The summed E-state index contributed by atoms with van der Waals surface area (Å²) in [4.78, 5) is 28.3. The van der Waals surface area contributed by atoms with Crippen LogP contribution < -0.4 is 15.0 Å². The third kappa shape index (κ3) is 4.38. The fourth-order valence-electron chi connectivity index (χ4n) is 3.52. The van der Waals surface area contributed by atoms with Gasteiger partial charge in [-0.3, -0.25) is 9.59 Å². The molecule has 0 radical (unpaired) electrons. The van der Waals surface area contributed by atoms with Gasteiger partial charge in [0.15, 0.2) is 0 Å². The minimum Gasteiger partial charge on any atom is -0.406 e. The Morgan fingerprint density at radius 3 is 2.28 bits per heavy atom. The molecule has 164 valence electrons. The number of halogens is 3. The Morgan fingerprint density at radius 1 is 0.938 bits per heavy atom. The van der Waals surface area contributed by atoms with Crippen LogP contribution in [0.3, 0.4) is 0 Å². The fourth-order valence-corrected chi connectivity index (χ4v) is 4.29. The van der Waals surface area contributed by atoms with E-state index in [-0.39, 0.29) is 17.0 Å². The Morgan fingerprint density at radius 2 is 1.66 bits per heavy atom. The summed E-state index contributed by atoms with van der Waals surface area (Å²) in [7, 11) is 0. The van der Waals surface area contributed by atoms with Gasteiger partial charge in [0.25, 0.3) is 11.8 Å². The molecular weight excluding hydrogens is 441 g/mol. The third-order valence-corrected chi connectivity index (χ3v) is 5.54. The Bertz CT molecular complexity index is 1210. The number of carbonyl (C=O) groups is 2. The van der Waals surface area contributed by atoms with Crippen LogP contribution >= 0.6 is 11.3 Å². The van der Waals surface area contributed by atoms with Gasteiger partial charge in [0.2, 0.25) is 0 Å². The van der Waals surface area contributed by atoms with Gasteiger partial charge >= 0.3 is 6.36 Å². The number of hydrogen-bond acceptors (Lipinski definition) is 5. The molecule has 1 N–H and O–H groups in total. The van der Waals surface area contributed by atoms with E-state index in [0.717, 1.165) is 28.2 Å². The smallest absolute Gasteiger partial charge is 0.406 e. The minimum atomic E-state index is -4.85. The van der Waals surface area contributed by atoms with Crippen LogP contribution in [0.1, 0.15) is 16.0 Å². The number of nitrogens with zero attached hydrogens (tertiary/aromatic N) is 1. The number of ether oxygens (including phenoxy) is 1. The van der Waals surface area contributed by atoms with Crippen molar-refractivity contribution in [2.24, 2.45) is 0 Å². The molecular formula is C23H17F3N2O3S. The monoisotopic (exact) mass is 458 g/mol. The SMILES string of the molecule is Cc1cc(C)cc(N2C(=O)C(Nc3cccc(OC(F)(F)F)c3)=C(c3cccs3)C2=O)c1. The summed E-state index contributed by atoms with van der Waals surface area (Å²) in [6, 6.07) is 14.0. The van der Waals surface area contributed by atoms with Crippen LogP contribution in [0, 0.1) is 13.8 Å². The van der Waals surface area contributed by atoms with Crippen LogP contribution in [0.5, 0.6) is 5.75 Å². The highest BCUT2D eigenvalue weighted by molar-refractivity contribution is 7.11. The van der Waals surface area contributed by atoms with Gasteiger partial charge < -0.3 is 10.1 Å². The first-order valence-electron chi connectivity index (χ1n) is 9.50. The van der Waals surface area contributed by atoms with Crippen LogP contribution in [0.4, 0.5) is 24.5 Å². The molecule has 9 heteroatoms. The number of benzene rings is 2. The maximum absolute atomic E-state index is 13.3. The molecule has 0 saturated heterocycles. The Labute approximate surface area is 185 Å². The minimum absolute atomic E-state index is 0.0132. The van der Waals surface area contributed by atoms with Crippen molar-refractivity contribution in [3.05, 3.63) is 81.7 Å². The first-order chi connectivity index (χ1) is 15.1. The van der Waals surface area contributed by atoms with Crippen LogP contribution in [0.2, 0.25) is 0 Å². The molecule has 0 unspecified atom stereocenters. The van der Waals surface area contributed by atoms with Crippen molar-refractivity contribution < 1.29 is 27.5 Å². The Kier molecular flexibility index (Phi) is 5.52. The van der Waals surface area contributed by atoms with Crippen molar-refractivity contribution in [1.29, 1.82) is 0 Å². The first-order valence-corrected chi connectivity index (χ1v) is 10.4. The molecule has 1 aromatic heterocycles. The van der Waals surface area contributed by atoms with E-state index < -0.39 is 23.9 Å². The predicted octanol–water partition coefficient (Wildman–Crippen LogP) is 5.66. The van der Waals surface area contributed by atoms with Crippen LogP contribution in [-0.4, -0.2) is 18.2 Å². The average Bonchev–Trinajstić information content (AvgIpc) is 3.27. The molecule has 4 rings (SSSR count). The number of imide groups is 1. The van der Waals surface area contributed by atoms with Crippen LogP contribution in [0.15, 0.2) is 65.7 Å². The lowest BCUT2D eigenvalue weighted by atomic mass is 10.1. The number of carbonyl (C=O) groups excluding carboxylic acids is 2. The molecule has 0 fully saturated rings.